The Morgan fingerprint density at radius 1 is 1.08 bits per heavy atom. The second-order valence-electron chi connectivity index (χ2n) is 9.97. The fraction of sp³-hybridized carbons (Fsp3) is 0.552. The second-order valence-corrected chi connectivity index (χ2v) is 9.97. The van der Waals surface area contributed by atoms with E-state index in [1.165, 1.54) is 32.4 Å². The van der Waals surface area contributed by atoms with Crippen molar-refractivity contribution in [1.29, 1.82) is 0 Å². The van der Waals surface area contributed by atoms with E-state index in [4.69, 9.17) is 18.9 Å². The molecule has 36 heavy (non-hydrogen) atoms. The van der Waals surface area contributed by atoms with E-state index in [9.17, 15) is 0 Å². The molecular weight excluding hydrogens is 452 g/mol. The maximum atomic E-state index is 6.24. The molecule has 5 rings (SSSR count). The van der Waals surface area contributed by atoms with Crippen LogP contribution >= 0.6 is 0 Å². The molecule has 7 nitrogen and oxygen atoms in total. The number of ether oxygens (including phenoxy) is 2. The lowest BCUT2D eigenvalue weighted by atomic mass is 10.0. The summed E-state index contributed by atoms with van der Waals surface area (Å²) in [5.74, 6) is 3.25. The lowest BCUT2D eigenvalue weighted by Crippen LogP contribution is -2.35. The Kier molecular flexibility index (Phi) is 8.29. The number of furan rings is 1. The molecule has 0 amide bonds. The van der Waals surface area contributed by atoms with Crippen molar-refractivity contribution in [2.45, 2.75) is 57.9 Å². The number of likely N-dealkylation sites (tertiary alicyclic amines) is 1. The van der Waals surface area contributed by atoms with Crippen molar-refractivity contribution in [2.75, 3.05) is 51.8 Å². The van der Waals surface area contributed by atoms with Crippen LogP contribution in [0.5, 0.6) is 11.5 Å². The number of aromatic nitrogens is 1. The number of fused-ring (bicyclic) bond motifs is 1. The van der Waals surface area contributed by atoms with Gasteiger partial charge in [-0.3, -0.25) is 0 Å². The molecular formula is C29H40N4O3. The molecule has 0 bridgehead atoms. The van der Waals surface area contributed by atoms with Crippen LogP contribution < -0.4 is 20.1 Å². The third-order valence-corrected chi connectivity index (χ3v) is 7.38. The number of piperidine rings is 2. The Morgan fingerprint density at radius 3 is 2.67 bits per heavy atom. The van der Waals surface area contributed by atoms with E-state index in [0.29, 0.717) is 12.6 Å². The highest BCUT2D eigenvalue weighted by molar-refractivity contribution is 5.95. The molecule has 2 fully saturated rings. The van der Waals surface area contributed by atoms with E-state index < -0.39 is 0 Å². The number of rotatable bonds is 10. The normalized spacial score (nSPS) is 17.4. The molecule has 7 heteroatoms. The van der Waals surface area contributed by atoms with E-state index in [0.717, 1.165) is 90.6 Å². The van der Waals surface area contributed by atoms with Crippen LogP contribution in [-0.4, -0.2) is 62.4 Å². The average molecular weight is 493 g/mol. The minimum absolute atomic E-state index is 0.421. The van der Waals surface area contributed by atoms with E-state index in [2.05, 4.69) is 34.6 Å². The zero-order valence-electron chi connectivity index (χ0n) is 21.8. The molecule has 0 atom stereocenters. The van der Waals surface area contributed by atoms with Gasteiger partial charge in [0.25, 0.3) is 0 Å². The topological polar surface area (TPSA) is 71.8 Å². The number of aryl methyl sites for hydroxylation is 1. The molecule has 0 unspecified atom stereocenters. The monoisotopic (exact) mass is 492 g/mol. The van der Waals surface area contributed by atoms with Crippen molar-refractivity contribution in [3.63, 3.8) is 0 Å². The van der Waals surface area contributed by atoms with Gasteiger partial charge in [0, 0.05) is 36.1 Å². The molecule has 3 aromatic rings. The summed E-state index contributed by atoms with van der Waals surface area (Å²) in [6, 6.07) is 10.7. The number of nitrogens with one attached hydrogen (secondary N) is 2. The van der Waals surface area contributed by atoms with E-state index in [-0.39, 0.29) is 0 Å². The molecule has 0 saturated carbocycles. The van der Waals surface area contributed by atoms with Crippen molar-refractivity contribution in [3.8, 4) is 23.0 Å². The first-order valence-electron chi connectivity index (χ1n) is 13.7. The Hall–Kier alpha value is -2.77. The van der Waals surface area contributed by atoms with Gasteiger partial charge in [-0.05, 0) is 82.5 Å². The van der Waals surface area contributed by atoms with E-state index in [1.54, 1.807) is 7.11 Å². The molecule has 2 saturated heterocycles. The Bertz CT molecular complexity index is 1130. The van der Waals surface area contributed by atoms with Crippen LogP contribution in [0.2, 0.25) is 0 Å². The first kappa shape index (κ1) is 24.9. The molecule has 194 valence electrons. The fourth-order valence-corrected chi connectivity index (χ4v) is 5.30. The summed E-state index contributed by atoms with van der Waals surface area (Å²) < 4.78 is 18.1. The van der Waals surface area contributed by atoms with Crippen LogP contribution in [0.3, 0.4) is 0 Å². The van der Waals surface area contributed by atoms with Gasteiger partial charge < -0.3 is 29.4 Å². The first-order valence-corrected chi connectivity index (χ1v) is 13.7. The highest BCUT2D eigenvalue weighted by Gasteiger charge is 2.19. The second kappa shape index (κ2) is 12.0. The number of hydrogen-bond acceptors (Lipinski definition) is 7. The fourth-order valence-electron chi connectivity index (χ4n) is 5.30. The lowest BCUT2D eigenvalue weighted by molar-refractivity contribution is 0.203. The zero-order valence-corrected chi connectivity index (χ0v) is 21.8. The van der Waals surface area contributed by atoms with Gasteiger partial charge in [0.05, 0.1) is 19.2 Å². The summed E-state index contributed by atoms with van der Waals surface area (Å²) in [7, 11) is 1.71. The number of pyridine rings is 1. The van der Waals surface area contributed by atoms with Gasteiger partial charge in [-0.1, -0.05) is 13.3 Å². The third-order valence-electron chi connectivity index (χ3n) is 7.38. The quantitative estimate of drug-likeness (QED) is 0.363. The molecule has 1 aromatic carbocycles. The van der Waals surface area contributed by atoms with Crippen molar-refractivity contribution in [1.82, 2.24) is 15.2 Å². The standard InChI is InChI=1S/C29H40N4O3/c1-3-22-8-9-27(36-22)26-19-24(31-21-10-12-30-13-11-21)23-18-28(34-2)29(20-25(23)32-26)35-17-7-16-33-14-5-4-6-15-33/h8-9,18-21,30H,3-7,10-17H2,1-2H3,(H,31,32). The molecule has 0 aliphatic carbocycles. The summed E-state index contributed by atoms with van der Waals surface area (Å²) in [5, 5.41) is 8.28. The van der Waals surface area contributed by atoms with Crippen LogP contribution in [0.4, 0.5) is 5.69 Å². The zero-order chi connectivity index (χ0) is 24.7. The Balaban J connectivity index is 1.41. The van der Waals surface area contributed by atoms with Crippen LogP contribution in [0.1, 0.15) is 51.2 Å². The van der Waals surface area contributed by atoms with Crippen LogP contribution in [0.15, 0.2) is 34.7 Å². The van der Waals surface area contributed by atoms with Crippen molar-refractivity contribution >= 4 is 16.6 Å². The van der Waals surface area contributed by atoms with Gasteiger partial charge in [0.15, 0.2) is 17.3 Å². The van der Waals surface area contributed by atoms with Gasteiger partial charge in [0.2, 0.25) is 0 Å². The summed E-state index contributed by atoms with van der Waals surface area (Å²) in [6.07, 6.45) is 8.05. The lowest BCUT2D eigenvalue weighted by Gasteiger charge is -2.26. The number of benzene rings is 1. The SMILES string of the molecule is CCc1ccc(-c2cc(NC3CCNCC3)c3cc(OC)c(OCCCN4CCCCC4)cc3n2)o1. The molecule has 4 heterocycles. The minimum atomic E-state index is 0.421. The summed E-state index contributed by atoms with van der Waals surface area (Å²) in [5.41, 5.74) is 2.77. The molecule has 2 aliphatic heterocycles. The maximum Gasteiger partial charge on any atom is 0.163 e. The number of anilines is 1. The van der Waals surface area contributed by atoms with E-state index >= 15 is 0 Å². The predicted octanol–water partition coefficient (Wildman–Crippen LogP) is 5.48. The summed E-state index contributed by atoms with van der Waals surface area (Å²) >= 11 is 0. The molecule has 0 spiro atoms. The largest absolute Gasteiger partial charge is 0.493 e. The molecule has 0 radical (unpaired) electrons. The van der Waals surface area contributed by atoms with Gasteiger partial charge >= 0.3 is 0 Å². The van der Waals surface area contributed by atoms with Gasteiger partial charge in [-0.15, -0.1) is 0 Å². The van der Waals surface area contributed by atoms with Crippen LogP contribution in [-0.2, 0) is 6.42 Å². The smallest absolute Gasteiger partial charge is 0.163 e. The van der Waals surface area contributed by atoms with Gasteiger partial charge in [0.1, 0.15) is 11.5 Å². The Labute approximate surface area is 214 Å². The number of hydrogen-bond donors (Lipinski definition) is 2. The summed E-state index contributed by atoms with van der Waals surface area (Å²) in [6.45, 7) is 8.34. The number of nitrogens with zero attached hydrogens (tertiary/aromatic N) is 2. The summed E-state index contributed by atoms with van der Waals surface area (Å²) in [4.78, 5) is 7.54. The predicted molar refractivity (Wildman–Crippen MR) is 145 cm³/mol. The van der Waals surface area contributed by atoms with Crippen molar-refractivity contribution in [2.24, 2.45) is 0 Å². The van der Waals surface area contributed by atoms with Gasteiger partial charge in [-0.25, -0.2) is 4.98 Å². The van der Waals surface area contributed by atoms with Crippen LogP contribution in [0.25, 0.3) is 22.4 Å². The molecule has 2 aliphatic rings. The highest BCUT2D eigenvalue weighted by atomic mass is 16.5. The first-order chi connectivity index (χ1) is 17.7. The third kappa shape index (κ3) is 5.95. The number of methoxy groups -OCH3 is 1. The maximum absolute atomic E-state index is 6.24. The molecule has 2 N–H and O–H groups in total. The Morgan fingerprint density at radius 2 is 1.92 bits per heavy atom. The van der Waals surface area contributed by atoms with Crippen molar-refractivity contribution in [3.05, 3.63) is 36.1 Å². The molecule has 2 aromatic heterocycles. The average Bonchev–Trinajstić information content (AvgIpc) is 3.41. The minimum Gasteiger partial charge on any atom is -0.493 e. The van der Waals surface area contributed by atoms with Crippen LogP contribution in [0, 0.1) is 0 Å². The highest BCUT2D eigenvalue weighted by Crippen LogP contribution is 2.38. The van der Waals surface area contributed by atoms with E-state index in [1.807, 2.05) is 18.2 Å². The van der Waals surface area contributed by atoms with Gasteiger partial charge in [-0.2, -0.15) is 0 Å². The van der Waals surface area contributed by atoms with Crippen molar-refractivity contribution < 1.29 is 13.9 Å².